The number of carbonyl (C=O) groups excluding carboxylic acids is 1. The lowest BCUT2D eigenvalue weighted by molar-refractivity contribution is -0.120. The molecule has 1 aromatic carbocycles. The minimum absolute atomic E-state index is 0.00645. The van der Waals surface area contributed by atoms with Crippen molar-refractivity contribution in [3.05, 3.63) is 49.4 Å². The van der Waals surface area contributed by atoms with Gasteiger partial charge in [-0.15, -0.1) is 11.3 Å². The lowest BCUT2D eigenvalue weighted by Crippen LogP contribution is -2.30. The molecule has 0 saturated heterocycles. The van der Waals surface area contributed by atoms with Crippen LogP contribution in [0.2, 0.25) is 0 Å². The standard InChI is InChI=1S/C19H23NO3S/c1-6-23-14-9-7-13(8-10-14)11-15-18(22)20(5)17(24-15)12-16(21)19(2,3)4/h7-12H,6H2,1-5H3. The van der Waals surface area contributed by atoms with Crippen molar-refractivity contribution in [1.82, 2.24) is 4.57 Å². The summed E-state index contributed by atoms with van der Waals surface area (Å²) in [5.41, 5.74) is 0.367. The van der Waals surface area contributed by atoms with E-state index in [4.69, 9.17) is 4.74 Å². The Hall–Kier alpha value is -2.14. The third kappa shape index (κ3) is 4.23. The summed E-state index contributed by atoms with van der Waals surface area (Å²) in [6.45, 7) is 8.15. The first-order chi connectivity index (χ1) is 11.2. The first kappa shape index (κ1) is 18.2. The quantitative estimate of drug-likeness (QED) is 0.852. The van der Waals surface area contributed by atoms with Gasteiger partial charge in [-0.1, -0.05) is 32.9 Å². The summed E-state index contributed by atoms with van der Waals surface area (Å²) in [5.74, 6) is 0.811. The number of thiazole rings is 1. The largest absolute Gasteiger partial charge is 0.494 e. The van der Waals surface area contributed by atoms with E-state index in [0.29, 0.717) is 15.8 Å². The van der Waals surface area contributed by atoms with E-state index in [1.54, 1.807) is 13.1 Å². The van der Waals surface area contributed by atoms with Crippen molar-refractivity contribution in [2.75, 3.05) is 6.61 Å². The summed E-state index contributed by atoms with van der Waals surface area (Å²) in [4.78, 5) is 24.6. The zero-order valence-corrected chi connectivity index (χ0v) is 15.6. The van der Waals surface area contributed by atoms with Gasteiger partial charge in [0.25, 0.3) is 5.56 Å². The van der Waals surface area contributed by atoms with Gasteiger partial charge in [-0.2, -0.15) is 0 Å². The summed E-state index contributed by atoms with van der Waals surface area (Å²) in [7, 11) is 1.69. The van der Waals surface area contributed by atoms with Crippen LogP contribution in [0.5, 0.6) is 5.75 Å². The highest BCUT2D eigenvalue weighted by Gasteiger charge is 2.19. The molecular weight excluding hydrogens is 322 g/mol. The number of rotatable bonds is 4. The van der Waals surface area contributed by atoms with Crippen LogP contribution in [0, 0.1) is 5.41 Å². The van der Waals surface area contributed by atoms with Crippen LogP contribution in [0.1, 0.15) is 33.3 Å². The van der Waals surface area contributed by atoms with Gasteiger partial charge in [0.2, 0.25) is 0 Å². The number of ether oxygens (including phenoxy) is 1. The minimum atomic E-state index is -0.459. The Morgan fingerprint density at radius 1 is 1.25 bits per heavy atom. The lowest BCUT2D eigenvalue weighted by atomic mass is 9.91. The highest BCUT2D eigenvalue weighted by atomic mass is 32.1. The van der Waals surface area contributed by atoms with Crippen LogP contribution in [-0.4, -0.2) is 17.0 Å². The number of Topliss-reactive ketones (excluding diaryl/α,β-unsaturated/α-hetero) is 1. The number of carbonyl (C=O) groups is 1. The van der Waals surface area contributed by atoms with Gasteiger partial charge in [0.05, 0.1) is 11.1 Å². The van der Waals surface area contributed by atoms with Gasteiger partial charge in [0.15, 0.2) is 5.78 Å². The van der Waals surface area contributed by atoms with Gasteiger partial charge < -0.3 is 9.30 Å². The van der Waals surface area contributed by atoms with E-state index >= 15 is 0 Å². The van der Waals surface area contributed by atoms with Crippen molar-refractivity contribution < 1.29 is 9.53 Å². The Morgan fingerprint density at radius 3 is 2.42 bits per heavy atom. The van der Waals surface area contributed by atoms with Crippen LogP contribution < -0.4 is 19.5 Å². The first-order valence-corrected chi connectivity index (χ1v) is 8.70. The average molecular weight is 345 g/mol. The minimum Gasteiger partial charge on any atom is -0.494 e. The van der Waals surface area contributed by atoms with Gasteiger partial charge in [0.1, 0.15) is 10.4 Å². The number of aromatic nitrogens is 1. The molecule has 0 spiro atoms. The molecule has 0 aliphatic rings. The van der Waals surface area contributed by atoms with Crippen LogP contribution in [-0.2, 0) is 11.8 Å². The number of ketones is 1. The smallest absolute Gasteiger partial charge is 0.268 e. The maximum Gasteiger partial charge on any atom is 0.268 e. The van der Waals surface area contributed by atoms with Crippen LogP contribution in [0.25, 0.3) is 12.2 Å². The number of nitrogens with zero attached hydrogens (tertiary/aromatic N) is 1. The third-order valence-electron chi connectivity index (χ3n) is 3.54. The summed E-state index contributed by atoms with van der Waals surface area (Å²) in [6.07, 6.45) is 3.39. The van der Waals surface area contributed by atoms with E-state index in [9.17, 15) is 9.59 Å². The zero-order chi connectivity index (χ0) is 17.9. The Balaban J connectivity index is 2.46. The van der Waals surface area contributed by atoms with Crippen molar-refractivity contribution in [3.8, 4) is 5.75 Å². The van der Waals surface area contributed by atoms with E-state index in [2.05, 4.69) is 0 Å². The normalized spacial score (nSPS) is 13.4. The summed E-state index contributed by atoms with van der Waals surface area (Å²) in [6, 6.07) is 7.58. The molecular formula is C19H23NO3S. The van der Waals surface area contributed by atoms with Gasteiger partial charge in [-0.25, -0.2) is 0 Å². The van der Waals surface area contributed by atoms with Gasteiger partial charge in [0, 0.05) is 18.5 Å². The van der Waals surface area contributed by atoms with Crippen molar-refractivity contribution >= 4 is 29.3 Å². The molecule has 0 unspecified atom stereocenters. The molecule has 0 saturated carbocycles. The molecule has 2 rings (SSSR count). The van der Waals surface area contributed by atoms with Crippen LogP contribution in [0.15, 0.2) is 29.1 Å². The van der Waals surface area contributed by atoms with E-state index in [1.165, 1.54) is 15.9 Å². The number of hydrogen-bond donors (Lipinski definition) is 0. The summed E-state index contributed by atoms with van der Waals surface area (Å²) in [5, 5.41) is 0. The molecule has 24 heavy (non-hydrogen) atoms. The molecule has 2 aromatic rings. The Labute approximate surface area is 145 Å². The SMILES string of the molecule is CCOc1ccc(C=c2sc(=CC(=O)C(C)(C)C)n(C)c2=O)cc1. The second-order valence-corrected chi connectivity index (χ2v) is 7.64. The van der Waals surface area contributed by atoms with Crippen molar-refractivity contribution in [2.45, 2.75) is 27.7 Å². The topological polar surface area (TPSA) is 48.3 Å². The monoisotopic (exact) mass is 345 g/mol. The highest BCUT2D eigenvalue weighted by molar-refractivity contribution is 7.07. The fourth-order valence-corrected chi connectivity index (χ4v) is 3.04. The zero-order valence-electron chi connectivity index (χ0n) is 14.8. The average Bonchev–Trinajstić information content (AvgIpc) is 2.77. The fraction of sp³-hybridized carbons (Fsp3) is 0.368. The van der Waals surface area contributed by atoms with Gasteiger partial charge >= 0.3 is 0 Å². The van der Waals surface area contributed by atoms with Crippen molar-refractivity contribution in [3.63, 3.8) is 0 Å². The summed E-state index contributed by atoms with van der Waals surface area (Å²) >= 11 is 1.33. The van der Waals surface area contributed by atoms with E-state index in [1.807, 2.05) is 58.0 Å². The number of hydrogen-bond acceptors (Lipinski definition) is 4. The lowest BCUT2D eigenvalue weighted by Gasteiger charge is -2.12. The fourth-order valence-electron chi connectivity index (χ4n) is 2.01. The second kappa shape index (κ2) is 7.18. The molecule has 1 aromatic heterocycles. The molecule has 0 N–H and O–H groups in total. The molecule has 128 valence electrons. The van der Waals surface area contributed by atoms with Crippen LogP contribution in [0.4, 0.5) is 0 Å². The second-order valence-electron chi connectivity index (χ2n) is 6.57. The molecule has 0 aliphatic carbocycles. The van der Waals surface area contributed by atoms with Crippen molar-refractivity contribution in [2.24, 2.45) is 12.5 Å². The predicted octanol–water partition coefficient (Wildman–Crippen LogP) is 2.07. The van der Waals surface area contributed by atoms with Gasteiger partial charge in [-0.3, -0.25) is 9.59 Å². The maximum absolute atomic E-state index is 12.4. The Morgan fingerprint density at radius 2 is 1.88 bits per heavy atom. The molecule has 0 fully saturated rings. The summed E-state index contributed by atoms with van der Waals surface area (Å²) < 4.78 is 8.21. The van der Waals surface area contributed by atoms with E-state index in [0.717, 1.165) is 11.3 Å². The Bertz CT molecular complexity index is 896. The van der Waals surface area contributed by atoms with E-state index in [-0.39, 0.29) is 11.3 Å². The molecule has 5 heteroatoms. The number of benzene rings is 1. The molecule has 0 atom stereocenters. The third-order valence-corrected chi connectivity index (χ3v) is 4.66. The molecule has 0 radical (unpaired) electrons. The molecule has 4 nitrogen and oxygen atoms in total. The first-order valence-electron chi connectivity index (χ1n) is 7.89. The molecule has 0 amide bonds. The molecule has 1 heterocycles. The van der Waals surface area contributed by atoms with E-state index < -0.39 is 5.41 Å². The predicted molar refractivity (Wildman–Crippen MR) is 98.9 cm³/mol. The van der Waals surface area contributed by atoms with Crippen LogP contribution >= 0.6 is 11.3 Å². The molecule has 0 aliphatic heterocycles. The van der Waals surface area contributed by atoms with Gasteiger partial charge in [-0.05, 0) is 30.7 Å². The van der Waals surface area contributed by atoms with Crippen molar-refractivity contribution in [1.29, 1.82) is 0 Å². The maximum atomic E-state index is 12.4. The van der Waals surface area contributed by atoms with Crippen LogP contribution in [0.3, 0.4) is 0 Å². The Kier molecular flexibility index (Phi) is 5.44. The highest BCUT2D eigenvalue weighted by Crippen LogP contribution is 2.15. The molecule has 0 bridgehead atoms.